The third-order valence-corrected chi connectivity index (χ3v) is 2.69. The van der Waals surface area contributed by atoms with Crippen molar-refractivity contribution in [2.45, 2.75) is 6.04 Å². The molecule has 19 heavy (non-hydrogen) atoms. The molecule has 0 spiro atoms. The maximum absolute atomic E-state index is 13.2. The molecule has 0 radical (unpaired) electrons. The standard InChI is InChI=1S/C13H11F3N2O/c1-19-9-2-8(5-18-6-9)13(17)7-3-10(14)12(16)11(15)4-7/h2-6,13H,17H2,1H3. The Morgan fingerprint density at radius 1 is 1.05 bits per heavy atom. The molecule has 1 aromatic heterocycles. The topological polar surface area (TPSA) is 48.1 Å². The summed E-state index contributed by atoms with van der Waals surface area (Å²) < 4.78 is 44.2. The lowest BCUT2D eigenvalue weighted by Gasteiger charge is -2.13. The minimum Gasteiger partial charge on any atom is -0.495 e. The lowest BCUT2D eigenvalue weighted by molar-refractivity contribution is 0.412. The molecule has 0 amide bonds. The summed E-state index contributed by atoms with van der Waals surface area (Å²) in [5.41, 5.74) is 6.50. The molecule has 0 saturated heterocycles. The summed E-state index contributed by atoms with van der Waals surface area (Å²) in [5.74, 6) is -3.60. The fourth-order valence-corrected chi connectivity index (χ4v) is 1.66. The number of nitrogens with two attached hydrogens (primary N) is 1. The van der Waals surface area contributed by atoms with Crippen molar-refractivity contribution in [1.29, 1.82) is 0 Å². The van der Waals surface area contributed by atoms with Crippen LogP contribution in [0, 0.1) is 17.5 Å². The van der Waals surface area contributed by atoms with Crippen LogP contribution in [-0.4, -0.2) is 12.1 Å². The number of nitrogens with zero attached hydrogens (tertiary/aromatic N) is 1. The van der Waals surface area contributed by atoms with Gasteiger partial charge < -0.3 is 10.5 Å². The van der Waals surface area contributed by atoms with Crippen LogP contribution in [-0.2, 0) is 0 Å². The molecule has 2 aromatic rings. The average molecular weight is 268 g/mol. The summed E-state index contributed by atoms with van der Waals surface area (Å²) in [6.45, 7) is 0. The Labute approximate surface area is 107 Å². The molecule has 1 atom stereocenters. The van der Waals surface area contributed by atoms with Gasteiger partial charge in [-0.15, -0.1) is 0 Å². The molecule has 0 saturated carbocycles. The first kappa shape index (κ1) is 13.4. The summed E-state index contributed by atoms with van der Waals surface area (Å²) in [6, 6.07) is 2.49. The smallest absolute Gasteiger partial charge is 0.194 e. The number of halogens is 3. The highest BCUT2D eigenvalue weighted by Gasteiger charge is 2.16. The average Bonchev–Trinajstić information content (AvgIpc) is 2.43. The number of hydrogen-bond acceptors (Lipinski definition) is 3. The lowest BCUT2D eigenvalue weighted by Crippen LogP contribution is -2.13. The van der Waals surface area contributed by atoms with E-state index in [1.807, 2.05) is 0 Å². The highest BCUT2D eigenvalue weighted by molar-refractivity contribution is 5.34. The summed E-state index contributed by atoms with van der Waals surface area (Å²) in [6.07, 6.45) is 2.93. The van der Waals surface area contributed by atoms with Gasteiger partial charge in [0, 0.05) is 6.20 Å². The molecule has 0 bridgehead atoms. The molecule has 0 aliphatic rings. The van der Waals surface area contributed by atoms with Crippen molar-refractivity contribution in [1.82, 2.24) is 4.98 Å². The normalized spacial score (nSPS) is 12.3. The van der Waals surface area contributed by atoms with Crippen molar-refractivity contribution in [2.24, 2.45) is 5.73 Å². The third-order valence-electron chi connectivity index (χ3n) is 2.69. The van der Waals surface area contributed by atoms with E-state index in [9.17, 15) is 13.2 Å². The van der Waals surface area contributed by atoms with Crippen molar-refractivity contribution >= 4 is 0 Å². The van der Waals surface area contributed by atoms with E-state index in [-0.39, 0.29) is 5.56 Å². The Bertz CT molecular complexity index is 581. The van der Waals surface area contributed by atoms with Gasteiger partial charge in [-0.05, 0) is 29.3 Å². The maximum Gasteiger partial charge on any atom is 0.194 e. The molecule has 6 heteroatoms. The Morgan fingerprint density at radius 3 is 2.26 bits per heavy atom. The van der Waals surface area contributed by atoms with Gasteiger partial charge in [0.2, 0.25) is 0 Å². The molecule has 0 aliphatic carbocycles. The summed E-state index contributed by atoms with van der Waals surface area (Å²) in [4.78, 5) is 3.90. The Balaban J connectivity index is 2.40. The van der Waals surface area contributed by atoms with Crippen LogP contribution in [0.3, 0.4) is 0 Å². The summed E-state index contributed by atoms with van der Waals surface area (Å²) in [7, 11) is 1.46. The zero-order valence-corrected chi connectivity index (χ0v) is 10.0. The second-order valence-corrected chi connectivity index (χ2v) is 3.93. The minimum atomic E-state index is -1.51. The van der Waals surface area contributed by atoms with Gasteiger partial charge in [-0.3, -0.25) is 4.98 Å². The van der Waals surface area contributed by atoms with Gasteiger partial charge in [0.1, 0.15) is 5.75 Å². The molecule has 2 N–H and O–H groups in total. The first-order valence-corrected chi connectivity index (χ1v) is 5.42. The number of pyridine rings is 1. The molecule has 1 heterocycles. The molecule has 1 unspecified atom stereocenters. The van der Waals surface area contributed by atoms with Gasteiger partial charge in [-0.2, -0.15) is 0 Å². The van der Waals surface area contributed by atoms with Crippen molar-refractivity contribution in [3.8, 4) is 5.75 Å². The molecule has 100 valence electrons. The molecule has 0 aliphatic heterocycles. The number of hydrogen-bond donors (Lipinski definition) is 1. The highest BCUT2D eigenvalue weighted by atomic mass is 19.2. The Kier molecular flexibility index (Phi) is 3.71. The summed E-state index contributed by atoms with van der Waals surface area (Å²) in [5, 5.41) is 0. The largest absolute Gasteiger partial charge is 0.495 e. The maximum atomic E-state index is 13.2. The molecule has 1 aromatic carbocycles. The number of ether oxygens (including phenoxy) is 1. The highest BCUT2D eigenvalue weighted by Crippen LogP contribution is 2.24. The second kappa shape index (κ2) is 5.27. The Hall–Kier alpha value is -2.08. The van der Waals surface area contributed by atoms with E-state index in [0.717, 1.165) is 12.1 Å². The van der Waals surface area contributed by atoms with Crippen molar-refractivity contribution < 1.29 is 17.9 Å². The first-order chi connectivity index (χ1) is 9.02. The zero-order valence-electron chi connectivity index (χ0n) is 10.0. The van der Waals surface area contributed by atoms with E-state index in [4.69, 9.17) is 10.5 Å². The van der Waals surface area contributed by atoms with Crippen LogP contribution in [0.4, 0.5) is 13.2 Å². The van der Waals surface area contributed by atoms with Crippen LogP contribution in [0.1, 0.15) is 17.2 Å². The van der Waals surface area contributed by atoms with Crippen molar-refractivity contribution in [3.05, 3.63) is 59.2 Å². The van der Waals surface area contributed by atoms with Gasteiger partial charge >= 0.3 is 0 Å². The number of aromatic nitrogens is 1. The van der Waals surface area contributed by atoms with Crippen LogP contribution in [0.25, 0.3) is 0 Å². The zero-order chi connectivity index (χ0) is 14.0. The van der Waals surface area contributed by atoms with E-state index in [1.165, 1.54) is 19.5 Å². The van der Waals surface area contributed by atoms with Gasteiger partial charge in [0.05, 0.1) is 19.3 Å². The number of benzene rings is 1. The predicted octanol–water partition coefficient (Wildman–Crippen LogP) is 2.56. The van der Waals surface area contributed by atoms with Crippen molar-refractivity contribution in [3.63, 3.8) is 0 Å². The molecule has 2 rings (SSSR count). The monoisotopic (exact) mass is 268 g/mol. The molecular weight excluding hydrogens is 257 g/mol. The number of rotatable bonds is 3. The van der Waals surface area contributed by atoms with Crippen LogP contribution in [0.2, 0.25) is 0 Å². The van der Waals surface area contributed by atoms with Crippen LogP contribution >= 0.6 is 0 Å². The second-order valence-electron chi connectivity index (χ2n) is 3.93. The molecular formula is C13H11F3N2O. The van der Waals surface area contributed by atoms with E-state index >= 15 is 0 Å². The van der Waals surface area contributed by atoms with Gasteiger partial charge in [0.25, 0.3) is 0 Å². The quantitative estimate of drug-likeness (QED) is 0.870. The third kappa shape index (κ3) is 2.68. The van der Waals surface area contributed by atoms with Crippen LogP contribution in [0.15, 0.2) is 30.6 Å². The molecule has 3 nitrogen and oxygen atoms in total. The minimum absolute atomic E-state index is 0.117. The lowest BCUT2D eigenvalue weighted by atomic mass is 10.0. The van der Waals surface area contributed by atoms with Crippen LogP contribution in [0.5, 0.6) is 5.75 Å². The van der Waals surface area contributed by atoms with Gasteiger partial charge in [-0.1, -0.05) is 0 Å². The fraction of sp³-hybridized carbons (Fsp3) is 0.154. The van der Waals surface area contributed by atoms with Gasteiger partial charge in [0.15, 0.2) is 17.5 Å². The van der Waals surface area contributed by atoms with E-state index in [1.54, 1.807) is 6.07 Å². The first-order valence-electron chi connectivity index (χ1n) is 5.42. The van der Waals surface area contributed by atoms with E-state index < -0.39 is 23.5 Å². The number of methoxy groups -OCH3 is 1. The summed E-state index contributed by atoms with van der Waals surface area (Å²) >= 11 is 0. The van der Waals surface area contributed by atoms with Crippen molar-refractivity contribution in [2.75, 3.05) is 7.11 Å². The molecule has 0 fully saturated rings. The van der Waals surface area contributed by atoms with E-state index in [2.05, 4.69) is 4.98 Å². The SMILES string of the molecule is COc1cncc(C(N)c2cc(F)c(F)c(F)c2)c1. The Morgan fingerprint density at radius 2 is 1.68 bits per heavy atom. The predicted molar refractivity (Wildman–Crippen MR) is 63.1 cm³/mol. The van der Waals surface area contributed by atoms with E-state index in [0.29, 0.717) is 11.3 Å². The fourth-order valence-electron chi connectivity index (χ4n) is 1.66. The van der Waals surface area contributed by atoms with Crippen LogP contribution < -0.4 is 10.5 Å². The van der Waals surface area contributed by atoms with Gasteiger partial charge in [-0.25, -0.2) is 13.2 Å².